The smallest absolute Gasteiger partial charge is 0.404 e. The van der Waals surface area contributed by atoms with Crippen molar-refractivity contribution in [2.45, 2.75) is 46.1 Å². The number of hydrogen-bond acceptors (Lipinski definition) is 3. The van der Waals surface area contributed by atoms with Crippen LogP contribution >= 0.6 is 0 Å². The van der Waals surface area contributed by atoms with E-state index < -0.39 is 31.3 Å². The van der Waals surface area contributed by atoms with Crippen LogP contribution in [0.2, 0.25) is 0 Å². The van der Waals surface area contributed by atoms with Crippen molar-refractivity contribution in [1.82, 2.24) is 15.1 Å². The fourth-order valence-electron chi connectivity index (χ4n) is 3.16. The SMILES string of the molecule is [2H]C([2H])([2H])C(N1CCN(C(=O)[C@H]2C[C@@H](NC(=O)O)C2(C)C)CC1)C([2H])([2H])[2H]. The Morgan fingerprint density at radius 3 is 2.38 bits per heavy atom. The molecule has 0 aromatic rings. The molecule has 0 aromatic heterocycles. The predicted molar refractivity (Wildman–Crippen MR) is 80.1 cm³/mol. The van der Waals surface area contributed by atoms with Crippen molar-refractivity contribution in [1.29, 1.82) is 0 Å². The number of amides is 2. The summed E-state index contributed by atoms with van der Waals surface area (Å²) in [7, 11) is 0. The van der Waals surface area contributed by atoms with Gasteiger partial charge in [0.05, 0.1) is 0 Å². The molecule has 120 valence electrons. The summed E-state index contributed by atoms with van der Waals surface area (Å²) in [4.78, 5) is 26.7. The number of hydrogen-bond donors (Lipinski definition) is 2. The van der Waals surface area contributed by atoms with Gasteiger partial charge in [0, 0.05) is 52.4 Å². The molecule has 2 amide bonds. The fourth-order valence-corrected chi connectivity index (χ4v) is 3.16. The zero-order valence-corrected chi connectivity index (χ0v) is 12.4. The summed E-state index contributed by atoms with van der Waals surface area (Å²) in [6.45, 7) is -0.721. The van der Waals surface area contributed by atoms with Crippen LogP contribution in [0.1, 0.15) is 42.2 Å². The third-order valence-electron chi connectivity index (χ3n) is 4.85. The molecule has 6 nitrogen and oxygen atoms in total. The Hall–Kier alpha value is -1.30. The lowest BCUT2D eigenvalue weighted by Crippen LogP contribution is -2.63. The van der Waals surface area contributed by atoms with Crippen molar-refractivity contribution in [3.05, 3.63) is 0 Å². The maximum absolute atomic E-state index is 12.8. The van der Waals surface area contributed by atoms with Gasteiger partial charge in [-0.25, -0.2) is 4.79 Å². The number of carbonyl (C=O) groups is 2. The van der Waals surface area contributed by atoms with E-state index in [2.05, 4.69) is 5.32 Å². The highest BCUT2D eigenvalue weighted by molar-refractivity contribution is 5.81. The lowest BCUT2D eigenvalue weighted by Gasteiger charge is -2.52. The molecule has 1 saturated carbocycles. The predicted octanol–water partition coefficient (Wildman–Crippen LogP) is 1.22. The van der Waals surface area contributed by atoms with E-state index in [0.29, 0.717) is 6.42 Å². The molecule has 2 rings (SSSR count). The summed E-state index contributed by atoms with van der Waals surface area (Å²) in [5, 5.41) is 11.3. The van der Waals surface area contributed by atoms with E-state index >= 15 is 0 Å². The molecule has 0 spiro atoms. The Balaban J connectivity index is 1.98. The molecule has 21 heavy (non-hydrogen) atoms. The molecule has 2 N–H and O–H groups in total. The third kappa shape index (κ3) is 3.15. The van der Waals surface area contributed by atoms with Gasteiger partial charge in [-0.15, -0.1) is 0 Å². The Labute approximate surface area is 134 Å². The van der Waals surface area contributed by atoms with Crippen molar-refractivity contribution in [3.63, 3.8) is 0 Å². The fraction of sp³-hybridized carbons (Fsp3) is 0.867. The van der Waals surface area contributed by atoms with Crippen LogP contribution in [-0.4, -0.2) is 65.2 Å². The van der Waals surface area contributed by atoms with Crippen LogP contribution < -0.4 is 5.32 Å². The van der Waals surface area contributed by atoms with E-state index in [4.69, 9.17) is 13.3 Å². The number of piperazine rings is 1. The minimum Gasteiger partial charge on any atom is -0.465 e. The standard InChI is InChI=1S/C15H27N3O3/c1-10(2)17-5-7-18(8-6-17)13(19)11-9-12(15(11,3)4)16-14(20)21/h10-12,16H,5-9H2,1-4H3,(H,20,21)/t11-,12-/m1/s1/i1D3,2D3. The lowest BCUT2D eigenvalue weighted by molar-refractivity contribution is -0.150. The largest absolute Gasteiger partial charge is 0.465 e. The van der Waals surface area contributed by atoms with Crippen molar-refractivity contribution >= 4 is 12.0 Å². The highest BCUT2D eigenvalue weighted by atomic mass is 16.4. The molecule has 2 fully saturated rings. The summed E-state index contributed by atoms with van der Waals surface area (Å²) in [6, 6.07) is -1.84. The number of nitrogens with one attached hydrogen (secondary N) is 1. The summed E-state index contributed by atoms with van der Waals surface area (Å²) in [5.74, 6) is -0.413. The molecule has 1 aliphatic heterocycles. The molecule has 1 saturated heterocycles. The maximum atomic E-state index is 12.8. The Kier molecular flexibility index (Phi) is 2.68. The first kappa shape index (κ1) is 9.66. The lowest BCUT2D eigenvalue weighted by atomic mass is 9.58. The quantitative estimate of drug-likeness (QED) is 0.822. The summed E-state index contributed by atoms with van der Waals surface area (Å²) in [6.07, 6.45) is -0.695. The summed E-state index contributed by atoms with van der Waals surface area (Å²) < 4.78 is 45.3. The van der Waals surface area contributed by atoms with Crippen molar-refractivity contribution in [2.24, 2.45) is 11.3 Å². The average molecular weight is 303 g/mol. The monoisotopic (exact) mass is 303 g/mol. The van der Waals surface area contributed by atoms with Gasteiger partial charge >= 0.3 is 6.09 Å². The van der Waals surface area contributed by atoms with Gasteiger partial charge in [0.1, 0.15) is 0 Å². The van der Waals surface area contributed by atoms with Gasteiger partial charge in [0.15, 0.2) is 0 Å². The van der Waals surface area contributed by atoms with Crippen LogP contribution in [-0.2, 0) is 4.79 Å². The minimum atomic E-state index is -2.64. The minimum absolute atomic E-state index is 0.0950. The van der Waals surface area contributed by atoms with Crippen LogP contribution in [0.25, 0.3) is 0 Å². The highest BCUT2D eigenvalue weighted by Crippen LogP contribution is 2.47. The molecule has 2 aliphatic rings. The molecule has 0 radical (unpaired) electrons. The van der Waals surface area contributed by atoms with E-state index in [1.165, 1.54) is 4.90 Å². The molecule has 0 bridgehead atoms. The van der Waals surface area contributed by atoms with Crippen LogP contribution in [0.3, 0.4) is 0 Å². The van der Waals surface area contributed by atoms with Crippen LogP contribution in [0.4, 0.5) is 4.79 Å². The Morgan fingerprint density at radius 2 is 1.90 bits per heavy atom. The van der Waals surface area contributed by atoms with E-state index in [-0.39, 0.29) is 44.0 Å². The second-order valence-corrected chi connectivity index (χ2v) is 6.38. The highest BCUT2D eigenvalue weighted by Gasteiger charge is 2.53. The maximum Gasteiger partial charge on any atom is 0.404 e. The second-order valence-electron chi connectivity index (χ2n) is 6.38. The van der Waals surface area contributed by atoms with E-state index in [1.807, 2.05) is 13.8 Å². The normalized spacial score (nSPS) is 34.5. The molecule has 2 atom stereocenters. The zero-order chi connectivity index (χ0) is 20.8. The van der Waals surface area contributed by atoms with Gasteiger partial charge in [0.25, 0.3) is 0 Å². The number of carboxylic acid groups (broad SMARTS) is 1. The van der Waals surface area contributed by atoms with Crippen molar-refractivity contribution in [2.75, 3.05) is 26.2 Å². The van der Waals surface area contributed by atoms with Gasteiger partial charge in [-0.1, -0.05) is 13.8 Å². The summed E-state index contributed by atoms with van der Waals surface area (Å²) >= 11 is 0. The van der Waals surface area contributed by atoms with Gasteiger partial charge in [-0.05, 0) is 25.5 Å². The van der Waals surface area contributed by atoms with Gasteiger partial charge in [0.2, 0.25) is 5.91 Å². The van der Waals surface area contributed by atoms with Crippen LogP contribution in [0.15, 0.2) is 0 Å². The Morgan fingerprint density at radius 1 is 1.29 bits per heavy atom. The van der Waals surface area contributed by atoms with Crippen LogP contribution in [0, 0.1) is 11.3 Å². The molecule has 0 unspecified atom stereocenters. The van der Waals surface area contributed by atoms with Gasteiger partial charge < -0.3 is 15.3 Å². The van der Waals surface area contributed by atoms with Gasteiger partial charge in [-0.3, -0.25) is 9.69 Å². The molecular weight excluding hydrogens is 270 g/mol. The van der Waals surface area contributed by atoms with Crippen molar-refractivity contribution < 1.29 is 22.9 Å². The van der Waals surface area contributed by atoms with E-state index in [0.717, 1.165) is 0 Å². The van der Waals surface area contributed by atoms with Crippen molar-refractivity contribution in [3.8, 4) is 0 Å². The molecule has 0 aromatic carbocycles. The number of rotatable bonds is 3. The first-order chi connectivity index (χ1) is 12.2. The first-order valence-electron chi connectivity index (χ1n) is 10.2. The average Bonchev–Trinajstić information content (AvgIpc) is 2.48. The van der Waals surface area contributed by atoms with E-state index in [9.17, 15) is 9.59 Å². The molecule has 1 heterocycles. The zero-order valence-electron chi connectivity index (χ0n) is 18.4. The van der Waals surface area contributed by atoms with Gasteiger partial charge in [-0.2, -0.15) is 0 Å². The number of carbonyl (C=O) groups excluding carboxylic acids is 1. The molecule has 6 heteroatoms. The molecular formula is C15H27N3O3. The Bertz CT molecular complexity index is 570. The first-order valence-corrected chi connectivity index (χ1v) is 7.18. The number of nitrogens with zero attached hydrogens (tertiary/aromatic N) is 2. The topological polar surface area (TPSA) is 72.9 Å². The second kappa shape index (κ2) is 5.83. The van der Waals surface area contributed by atoms with Crippen LogP contribution in [0.5, 0.6) is 0 Å². The van der Waals surface area contributed by atoms with E-state index in [1.54, 1.807) is 4.90 Å². The third-order valence-corrected chi connectivity index (χ3v) is 4.85. The molecule has 1 aliphatic carbocycles. The summed E-state index contributed by atoms with van der Waals surface area (Å²) in [5.41, 5.74) is -0.507.